The lowest BCUT2D eigenvalue weighted by atomic mass is 9.80. The Kier molecular flexibility index (Phi) is 5.29. The molecule has 0 saturated carbocycles. The molecule has 7 heteroatoms. The monoisotopic (exact) mass is 358 g/mol. The zero-order chi connectivity index (χ0) is 18.7. The van der Waals surface area contributed by atoms with Crippen molar-refractivity contribution in [1.82, 2.24) is 14.9 Å². The number of methoxy groups -OCH3 is 2. The number of nitrogens with zero attached hydrogens (tertiary/aromatic N) is 4. The maximum Gasteiger partial charge on any atom is 0.321 e. The molecule has 1 saturated heterocycles. The highest BCUT2D eigenvalue weighted by Gasteiger charge is 2.44. The highest BCUT2D eigenvalue weighted by atomic mass is 16.5. The molecule has 1 fully saturated rings. The van der Waals surface area contributed by atoms with Crippen LogP contribution in [0.5, 0.6) is 11.9 Å². The van der Waals surface area contributed by atoms with Gasteiger partial charge in [0.15, 0.2) is 0 Å². The van der Waals surface area contributed by atoms with Crippen LogP contribution < -0.4 is 14.4 Å². The Morgan fingerprint density at radius 1 is 1.15 bits per heavy atom. The highest BCUT2D eigenvalue weighted by Crippen LogP contribution is 2.37. The Morgan fingerprint density at radius 2 is 1.88 bits per heavy atom. The van der Waals surface area contributed by atoms with Gasteiger partial charge in [-0.25, -0.2) is 0 Å². The Balaban J connectivity index is 1.91. The number of benzene rings is 1. The SMILES string of the molecule is COc1cc(N2CC[C@](O)(c3ccccc3)[C@H](N(C)C)C2)nc(OC)n1. The fraction of sp³-hybridized carbons (Fsp3) is 0.474. The summed E-state index contributed by atoms with van der Waals surface area (Å²) in [6.07, 6.45) is 0.592. The van der Waals surface area contributed by atoms with Crippen molar-refractivity contribution >= 4 is 5.82 Å². The van der Waals surface area contributed by atoms with Crippen molar-refractivity contribution in [3.63, 3.8) is 0 Å². The quantitative estimate of drug-likeness (QED) is 0.869. The summed E-state index contributed by atoms with van der Waals surface area (Å²) in [7, 11) is 7.08. The molecule has 2 atom stereocenters. The fourth-order valence-electron chi connectivity index (χ4n) is 3.54. The molecule has 0 aliphatic carbocycles. The third-order valence-electron chi connectivity index (χ3n) is 4.99. The molecule has 0 bridgehead atoms. The summed E-state index contributed by atoms with van der Waals surface area (Å²) in [4.78, 5) is 12.8. The smallest absolute Gasteiger partial charge is 0.321 e. The Hall–Kier alpha value is -2.38. The maximum atomic E-state index is 11.5. The van der Waals surface area contributed by atoms with Crippen LogP contribution in [-0.4, -0.2) is 67.4 Å². The number of rotatable bonds is 5. The molecule has 1 N–H and O–H groups in total. The summed E-state index contributed by atoms with van der Waals surface area (Å²) >= 11 is 0. The fourth-order valence-corrected chi connectivity index (χ4v) is 3.54. The lowest BCUT2D eigenvalue weighted by molar-refractivity contribution is -0.0527. The van der Waals surface area contributed by atoms with Crippen LogP contribution >= 0.6 is 0 Å². The first-order chi connectivity index (χ1) is 12.5. The van der Waals surface area contributed by atoms with E-state index in [9.17, 15) is 5.11 Å². The summed E-state index contributed by atoms with van der Waals surface area (Å²) in [5, 5.41) is 11.5. The molecule has 140 valence electrons. The summed E-state index contributed by atoms with van der Waals surface area (Å²) in [5.74, 6) is 1.19. The number of ether oxygens (including phenoxy) is 2. The van der Waals surface area contributed by atoms with Crippen molar-refractivity contribution in [3.05, 3.63) is 42.0 Å². The zero-order valence-electron chi connectivity index (χ0n) is 15.7. The van der Waals surface area contributed by atoms with E-state index in [1.807, 2.05) is 44.4 Å². The Morgan fingerprint density at radius 3 is 2.50 bits per heavy atom. The van der Waals surface area contributed by atoms with Crippen molar-refractivity contribution in [3.8, 4) is 11.9 Å². The number of piperidine rings is 1. The third kappa shape index (κ3) is 3.45. The molecule has 2 heterocycles. The van der Waals surface area contributed by atoms with Gasteiger partial charge in [-0.1, -0.05) is 30.3 Å². The average molecular weight is 358 g/mol. The number of likely N-dealkylation sites (N-methyl/N-ethyl adjacent to an activating group) is 1. The van der Waals surface area contributed by atoms with Crippen LogP contribution in [0.2, 0.25) is 0 Å². The number of hydrogen-bond acceptors (Lipinski definition) is 7. The van der Waals surface area contributed by atoms with Crippen molar-refractivity contribution in [2.75, 3.05) is 46.3 Å². The molecule has 7 nitrogen and oxygen atoms in total. The van der Waals surface area contributed by atoms with Gasteiger partial charge < -0.3 is 24.4 Å². The lowest BCUT2D eigenvalue weighted by Crippen LogP contribution is -2.59. The van der Waals surface area contributed by atoms with Gasteiger partial charge in [-0.2, -0.15) is 9.97 Å². The molecule has 2 aromatic rings. The van der Waals surface area contributed by atoms with Crippen LogP contribution in [0.3, 0.4) is 0 Å². The molecule has 1 aliphatic rings. The van der Waals surface area contributed by atoms with Crippen LogP contribution in [0.1, 0.15) is 12.0 Å². The van der Waals surface area contributed by atoms with E-state index in [1.165, 1.54) is 7.11 Å². The van der Waals surface area contributed by atoms with E-state index in [0.717, 1.165) is 11.4 Å². The van der Waals surface area contributed by atoms with E-state index in [-0.39, 0.29) is 12.1 Å². The van der Waals surface area contributed by atoms with Gasteiger partial charge in [-0.3, -0.25) is 0 Å². The third-order valence-corrected chi connectivity index (χ3v) is 4.99. The number of aliphatic hydroxyl groups is 1. The van der Waals surface area contributed by atoms with E-state index in [2.05, 4.69) is 19.8 Å². The van der Waals surface area contributed by atoms with Gasteiger partial charge in [0.2, 0.25) is 5.88 Å². The highest BCUT2D eigenvalue weighted by molar-refractivity contribution is 5.45. The Labute approximate surface area is 154 Å². The normalized spacial score (nSPS) is 23.2. The van der Waals surface area contributed by atoms with Gasteiger partial charge >= 0.3 is 6.01 Å². The summed E-state index contributed by atoms with van der Waals surface area (Å²) in [6.45, 7) is 1.29. The second-order valence-corrected chi connectivity index (χ2v) is 6.72. The van der Waals surface area contributed by atoms with Crippen molar-refractivity contribution < 1.29 is 14.6 Å². The topological polar surface area (TPSA) is 71.0 Å². The van der Waals surface area contributed by atoms with E-state index >= 15 is 0 Å². The molecule has 1 aliphatic heterocycles. The van der Waals surface area contributed by atoms with E-state index in [4.69, 9.17) is 9.47 Å². The number of aromatic nitrogens is 2. The summed E-state index contributed by atoms with van der Waals surface area (Å²) in [5.41, 5.74) is 0.0267. The standard InChI is InChI=1S/C19H26N4O3/c1-22(2)15-13-23(16-12-17(25-3)21-18(20-16)26-4)11-10-19(15,24)14-8-6-5-7-9-14/h5-9,12,15,24H,10-11,13H2,1-4H3/t15-,19+/m1/s1. The summed E-state index contributed by atoms with van der Waals surface area (Å²) in [6, 6.07) is 11.8. The first-order valence-corrected chi connectivity index (χ1v) is 8.64. The van der Waals surface area contributed by atoms with Crippen LogP contribution in [0, 0.1) is 0 Å². The molecule has 0 radical (unpaired) electrons. The van der Waals surface area contributed by atoms with Crippen LogP contribution in [0.15, 0.2) is 36.4 Å². The zero-order valence-corrected chi connectivity index (χ0v) is 15.7. The minimum Gasteiger partial charge on any atom is -0.481 e. The molecule has 0 amide bonds. The minimum absolute atomic E-state index is 0.0920. The van der Waals surface area contributed by atoms with Gasteiger partial charge in [-0.15, -0.1) is 0 Å². The number of hydrogen-bond donors (Lipinski definition) is 1. The first-order valence-electron chi connectivity index (χ1n) is 8.64. The molecule has 1 aromatic heterocycles. The molecule has 0 unspecified atom stereocenters. The Bertz CT molecular complexity index is 719. The molecule has 1 aromatic carbocycles. The molecule has 26 heavy (non-hydrogen) atoms. The van der Waals surface area contributed by atoms with E-state index < -0.39 is 5.60 Å². The average Bonchev–Trinajstić information content (AvgIpc) is 2.68. The maximum absolute atomic E-state index is 11.5. The van der Waals surface area contributed by atoms with Gasteiger partial charge in [-0.05, 0) is 26.1 Å². The second-order valence-electron chi connectivity index (χ2n) is 6.72. The van der Waals surface area contributed by atoms with Crippen LogP contribution in [-0.2, 0) is 5.60 Å². The lowest BCUT2D eigenvalue weighted by Gasteiger charge is -2.48. The van der Waals surface area contributed by atoms with Gasteiger partial charge in [0.1, 0.15) is 11.4 Å². The van der Waals surface area contributed by atoms with Crippen LogP contribution in [0.4, 0.5) is 5.82 Å². The van der Waals surface area contributed by atoms with Gasteiger partial charge in [0.05, 0.1) is 20.3 Å². The van der Waals surface area contributed by atoms with Gasteiger partial charge in [0, 0.05) is 19.2 Å². The predicted octanol–water partition coefficient (Wildman–Crippen LogP) is 1.52. The van der Waals surface area contributed by atoms with Crippen molar-refractivity contribution in [1.29, 1.82) is 0 Å². The minimum atomic E-state index is -0.914. The second kappa shape index (κ2) is 7.47. The van der Waals surface area contributed by atoms with Crippen molar-refractivity contribution in [2.24, 2.45) is 0 Å². The van der Waals surface area contributed by atoms with Gasteiger partial charge in [0.25, 0.3) is 0 Å². The van der Waals surface area contributed by atoms with Crippen molar-refractivity contribution in [2.45, 2.75) is 18.1 Å². The summed E-state index contributed by atoms with van der Waals surface area (Å²) < 4.78 is 10.4. The van der Waals surface area contributed by atoms with E-state index in [0.29, 0.717) is 25.4 Å². The number of anilines is 1. The first kappa shape index (κ1) is 18.4. The largest absolute Gasteiger partial charge is 0.481 e. The van der Waals surface area contributed by atoms with Crippen LogP contribution in [0.25, 0.3) is 0 Å². The van der Waals surface area contributed by atoms with E-state index in [1.54, 1.807) is 13.2 Å². The molecular formula is C19H26N4O3. The molecular weight excluding hydrogens is 332 g/mol. The molecule has 3 rings (SSSR count). The predicted molar refractivity (Wildman–Crippen MR) is 99.8 cm³/mol. The molecule has 0 spiro atoms.